The Kier molecular flexibility index (Phi) is 5.87. The maximum absolute atomic E-state index is 11.5. The average Bonchev–Trinajstić information content (AvgIpc) is 2.37. The Hall–Kier alpha value is -0.0900. The van der Waals surface area contributed by atoms with Gasteiger partial charge in [0, 0.05) is 0 Å². The second kappa shape index (κ2) is 6.57. The number of phosphoric acid groups is 1. The second-order valence-electron chi connectivity index (χ2n) is 4.32. The summed E-state index contributed by atoms with van der Waals surface area (Å²) in [5, 5.41) is 47.3. The van der Waals surface area contributed by atoms with Crippen LogP contribution in [-0.4, -0.2) is 73.7 Å². The van der Waals surface area contributed by atoms with Gasteiger partial charge in [0.25, 0.3) is 0 Å². The molecular formula is C9H19O9P. The predicted molar refractivity (Wildman–Crippen MR) is 61.0 cm³/mol. The maximum atomic E-state index is 11.5. The molecule has 3 unspecified atom stereocenters. The van der Waals surface area contributed by atoms with Crippen molar-refractivity contribution in [1.82, 2.24) is 0 Å². The highest BCUT2D eigenvalue weighted by Gasteiger charge is 2.51. The molecule has 0 saturated heterocycles. The van der Waals surface area contributed by atoms with Crippen LogP contribution in [0.5, 0.6) is 0 Å². The molecule has 1 aliphatic carbocycles. The lowest BCUT2D eigenvalue weighted by Gasteiger charge is -2.41. The van der Waals surface area contributed by atoms with E-state index < -0.39 is 44.4 Å². The number of aliphatic hydroxyl groups is 5. The lowest BCUT2D eigenvalue weighted by molar-refractivity contribution is -0.220. The van der Waals surface area contributed by atoms with E-state index in [1.165, 1.54) is 0 Å². The minimum absolute atomic E-state index is 0.0829. The molecule has 0 spiro atoms. The Balaban J connectivity index is 2.78. The number of aliphatic hydroxyl groups excluding tert-OH is 5. The van der Waals surface area contributed by atoms with E-state index in [-0.39, 0.29) is 6.61 Å². The van der Waals surface area contributed by atoms with Crippen LogP contribution in [0.25, 0.3) is 0 Å². The topological polar surface area (TPSA) is 157 Å². The maximum Gasteiger partial charge on any atom is 0.472 e. The van der Waals surface area contributed by atoms with Crippen LogP contribution in [0.15, 0.2) is 0 Å². The molecule has 10 heteroatoms. The van der Waals surface area contributed by atoms with E-state index in [1.54, 1.807) is 6.92 Å². The van der Waals surface area contributed by atoms with Crippen molar-refractivity contribution in [3.8, 4) is 0 Å². The molecule has 0 amide bonds. The average molecular weight is 302 g/mol. The van der Waals surface area contributed by atoms with E-state index in [1.807, 2.05) is 0 Å². The van der Waals surface area contributed by atoms with Gasteiger partial charge in [0.2, 0.25) is 0 Å². The van der Waals surface area contributed by atoms with Gasteiger partial charge in [-0.1, -0.05) is 6.92 Å². The van der Waals surface area contributed by atoms with Gasteiger partial charge in [-0.25, -0.2) is 4.57 Å². The lowest BCUT2D eigenvalue weighted by atomic mass is 9.85. The quantitative estimate of drug-likeness (QED) is 0.308. The molecule has 114 valence electrons. The first-order chi connectivity index (χ1) is 8.71. The highest BCUT2D eigenvalue weighted by atomic mass is 31.2. The second-order valence-corrected chi connectivity index (χ2v) is 5.73. The van der Waals surface area contributed by atoms with Crippen molar-refractivity contribution in [2.75, 3.05) is 6.61 Å². The number of phosphoric ester groups is 1. The third-order valence-electron chi connectivity index (χ3n) is 2.79. The SMILES string of the molecule is CCCOP(=O)(O)OC1[C@H](O)[C@H](O)C(O)[C@H](O)[C@H]1O. The molecule has 0 aliphatic heterocycles. The summed E-state index contributed by atoms with van der Waals surface area (Å²) >= 11 is 0. The van der Waals surface area contributed by atoms with Gasteiger partial charge in [0.05, 0.1) is 6.61 Å². The smallest absolute Gasteiger partial charge is 0.387 e. The standard InChI is InChI=1S/C9H19O9P/c1-2-3-17-19(15,16)18-9-7(13)5(11)4(10)6(12)8(9)14/h4-14H,2-3H2,1H3,(H,15,16)/t4?,5-,6+,7-,8-,9?/m1/s1. The normalized spacial score (nSPS) is 42.9. The van der Waals surface area contributed by atoms with Gasteiger partial charge < -0.3 is 30.4 Å². The summed E-state index contributed by atoms with van der Waals surface area (Å²) in [5.74, 6) is 0. The molecule has 6 N–H and O–H groups in total. The summed E-state index contributed by atoms with van der Waals surface area (Å²) in [6, 6.07) is 0. The van der Waals surface area contributed by atoms with Crippen molar-refractivity contribution >= 4 is 7.82 Å². The Labute approximate surface area is 109 Å². The van der Waals surface area contributed by atoms with Crippen LogP contribution in [-0.2, 0) is 13.6 Å². The molecule has 1 saturated carbocycles. The van der Waals surface area contributed by atoms with Gasteiger partial charge >= 0.3 is 7.82 Å². The molecule has 0 bridgehead atoms. The van der Waals surface area contributed by atoms with Crippen LogP contribution < -0.4 is 0 Å². The largest absolute Gasteiger partial charge is 0.472 e. The summed E-state index contributed by atoms with van der Waals surface area (Å²) in [5.41, 5.74) is 0. The van der Waals surface area contributed by atoms with Gasteiger partial charge in [-0.05, 0) is 6.42 Å². The third kappa shape index (κ3) is 3.94. The van der Waals surface area contributed by atoms with Gasteiger partial charge in [-0.2, -0.15) is 0 Å². The molecule has 9 nitrogen and oxygen atoms in total. The zero-order valence-electron chi connectivity index (χ0n) is 10.2. The fraction of sp³-hybridized carbons (Fsp3) is 1.00. The summed E-state index contributed by atoms with van der Waals surface area (Å²) in [6.07, 6.45) is -10.5. The molecule has 0 heterocycles. The number of hydrogen-bond donors (Lipinski definition) is 6. The zero-order chi connectivity index (χ0) is 14.8. The molecule has 19 heavy (non-hydrogen) atoms. The van der Waals surface area contributed by atoms with Crippen LogP contribution >= 0.6 is 7.82 Å². The van der Waals surface area contributed by atoms with Crippen LogP contribution in [0.1, 0.15) is 13.3 Å². The molecule has 7 atom stereocenters. The Morgan fingerprint density at radius 1 is 0.947 bits per heavy atom. The minimum Gasteiger partial charge on any atom is -0.387 e. The van der Waals surface area contributed by atoms with Crippen molar-refractivity contribution in [1.29, 1.82) is 0 Å². The van der Waals surface area contributed by atoms with E-state index >= 15 is 0 Å². The molecule has 1 fully saturated rings. The van der Waals surface area contributed by atoms with Gasteiger partial charge in [0.15, 0.2) is 0 Å². The molecule has 1 rings (SSSR count). The molecule has 0 aromatic rings. The predicted octanol–water partition coefficient (Wildman–Crippen LogP) is -2.28. The Bertz CT molecular complexity index is 322. The first kappa shape index (κ1) is 17.0. The van der Waals surface area contributed by atoms with Crippen LogP contribution in [0, 0.1) is 0 Å². The fourth-order valence-corrected chi connectivity index (χ4v) is 2.74. The van der Waals surface area contributed by atoms with Gasteiger partial charge in [0.1, 0.15) is 36.6 Å². The number of hydrogen-bond acceptors (Lipinski definition) is 8. The van der Waals surface area contributed by atoms with Crippen LogP contribution in [0.3, 0.4) is 0 Å². The van der Waals surface area contributed by atoms with Gasteiger partial charge in [-0.3, -0.25) is 9.05 Å². The highest BCUT2D eigenvalue weighted by Crippen LogP contribution is 2.46. The number of rotatable bonds is 5. The monoisotopic (exact) mass is 302 g/mol. The van der Waals surface area contributed by atoms with Crippen molar-refractivity contribution in [2.45, 2.75) is 50.0 Å². The van der Waals surface area contributed by atoms with Crippen molar-refractivity contribution in [2.24, 2.45) is 0 Å². The third-order valence-corrected chi connectivity index (χ3v) is 3.81. The van der Waals surface area contributed by atoms with E-state index in [4.69, 9.17) is 0 Å². The summed E-state index contributed by atoms with van der Waals surface area (Å²) in [4.78, 5) is 9.33. The summed E-state index contributed by atoms with van der Waals surface area (Å²) < 4.78 is 20.6. The summed E-state index contributed by atoms with van der Waals surface area (Å²) in [6.45, 7) is 1.61. The fourth-order valence-electron chi connectivity index (χ4n) is 1.71. The van der Waals surface area contributed by atoms with E-state index in [9.17, 15) is 35.0 Å². The first-order valence-corrected chi connectivity index (χ1v) is 7.27. The first-order valence-electron chi connectivity index (χ1n) is 5.77. The Morgan fingerprint density at radius 2 is 1.37 bits per heavy atom. The van der Waals surface area contributed by atoms with Crippen molar-refractivity contribution in [3.63, 3.8) is 0 Å². The molecule has 1 aliphatic rings. The molecule has 0 aromatic carbocycles. The highest BCUT2D eigenvalue weighted by molar-refractivity contribution is 7.47. The van der Waals surface area contributed by atoms with Crippen LogP contribution in [0.4, 0.5) is 0 Å². The zero-order valence-corrected chi connectivity index (χ0v) is 11.1. The molecule has 0 aromatic heterocycles. The van der Waals surface area contributed by atoms with Crippen molar-refractivity contribution in [3.05, 3.63) is 0 Å². The molecular weight excluding hydrogens is 283 g/mol. The Morgan fingerprint density at radius 3 is 1.79 bits per heavy atom. The van der Waals surface area contributed by atoms with E-state index in [0.29, 0.717) is 6.42 Å². The minimum atomic E-state index is -4.55. The van der Waals surface area contributed by atoms with E-state index in [2.05, 4.69) is 9.05 Å². The summed E-state index contributed by atoms with van der Waals surface area (Å²) in [7, 11) is -4.55. The van der Waals surface area contributed by atoms with Gasteiger partial charge in [-0.15, -0.1) is 0 Å². The lowest BCUT2D eigenvalue weighted by Crippen LogP contribution is -2.64. The van der Waals surface area contributed by atoms with E-state index in [0.717, 1.165) is 0 Å². The van der Waals surface area contributed by atoms with Crippen LogP contribution in [0.2, 0.25) is 0 Å². The molecule has 0 radical (unpaired) electrons. The van der Waals surface area contributed by atoms with Crippen molar-refractivity contribution < 1.29 is 44.0 Å².